The Morgan fingerprint density at radius 3 is 2.71 bits per heavy atom. The van der Waals surface area contributed by atoms with E-state index in [1.807, 2.05) is 30.3 Å². The van der Waals surface area contributed by atoms with Gasteiger partial charge in [0.1, 0.15) is 6.04 Å². The Kier molecular flexibility index (Phi) is 3.83. The minimum atomic E-state index is -0.329. The molecule has 108 valence electrons. The number of rotatable bonds is 3. The predicted octanol–water partition coefficient (Wildman–Crippen LogP) is 4.10. The molecule has 2 atom stereocenters. The second-order valence-corrected chi connectivity index (χ2v) is 6.22. The smallest absolute Gasteiger partial charge is 0.246 e. The van der Waals surface area contributed by atoms with Gasteiger partial charge in [-0.1, -0.05) is 46.3 Å². The largest absolute Gasteiger partial charge is 0.324 e. The van der Waals surface area contributed by atoms with Crippen LogP contribution in [0.15, 0.2) is 46.9 Å². The van der Waals surface area contributed by atoms with Gasteiger partial charge in [-0.15, -0.1) is 0 Å². The molecule has 0 bridgehead atoms. The summed E-state index contributed by atoms with van der Waals surface area (Å²) in [5, 5.41) is 6.37. The van der Waals surface area contributed by atoms with Crippen molar-refractivity contribution in [2.75, 3.05) is 5.32 Å². The minimum absolute atomic E-state index is 0.00247. The number of benzene rings is 2. The van der Waals surface area contributed by atoms with Gasteiger partial charge in [0.05, 0.1) is 0 Å². The van der Waals surface area contributed by atoms with E-state index in [1.54, 1.807) is 0 Å². The van der Waals surface area contributed by atoms with Gasteiger partial charge in [0, 0.05) is 21.8 Å². The molecule has 2 aromatic carbocycles. The molecule has 21 heavy (non-hydrogen) atoms. The number of hydrogen-bond acceptors (Lipinski definition) is 2. The highest BCUT2D eigenvalue weighted by Crippen LogP contribution is 2.37. The number of carbonyl (C=O) groups is 1. The standard InChI is InChI=1S/C17H17BrN2O/c1-10-6-3-4-7-12(10)11(2)19-16-15-13(18)8-5-9-14(15)20-17(16)21/h3-9,11,16,19H,1-2H3,(H,20,21). The summed E-state index contributed by atoms with van der Waals surface area (Å²) in [6.07, 6.45) is 0. The molecule has 0 saturated carbocycles. The molecule has 2 unspecified atom stereocenters. The fourth-order valence-electron chi connectivity index (χ4n) is 2.85. The number of hydrogen-bond donors (Lipinski definition) is 2. The number of carbonyl (C=O) groups excluding carboxylic acids is 1. The van der Waals surface area contributed by atoms with Crippen LogP contribution in [0.4, 0.5) is 5.69 Å². The lowest BCUT2D eigenvalue weighted by Gasteiger charge is -2.21. The molecule has 2 N–H and O–H groups in total. The first kappa shape index (κ1) is 14.3. The third-order valence-electron chi connectivity index (χ3n) is 3.93. The second kappa shape index (κ2) is 5.62. The lowest BCUT2D eigenvalue weighted by atomic mass is 10.0. The zero-order chi connectivity index (χ0) is 15.0. The first-order chi connectivity index (χ1) is 10.1. The van der Waals surface area contributed by atoms with Crippen LogP contribution in [0.25, 0.3) is 0 Å². The molecule has 0 aromatic heterocycles. The average molecular weight is 345 g/mol. The molecule has 0 saturated heterocycles. The highest BCUT2D eigenvalue weighted by molar-refractivity contribution is 9.10. The summed E-state index contributed by atoms with van der Waals surface area (Å²) in [6.45, 7) is 4.18. The molecule has 3 nitrogen and oxygen atoms in total. The maximum Gasteiger partial charge on any atom is 0.246 e. The van der Waals surface area contributed by atoms with Crippen molar-refractivity contribution in [2.24, 2.45) is 0 Å². The normalized spacial score (nSPS) is 18.2. The van der Waals surface area contributed by atoms with E-state index in [9.17, 15) is 4.79 Å². The summed E-state index contributed by atoms with van der Waals surface area (Å²) < 4.78 is 0.952. The van der Waals surface area contributed by atoms with Crippen LogP contribution in [0.3, 0.4) is 0 Å². The van der Waals surface area contributed by atoms with Crippen LogP contribution in [0.2, 0.25) is 0 Å². The number of nitrogens with one attached hydrogen (secondary N) is 2. The second-order valence-electron chi connectivity index (χ2n) is 5.37. The Hall–Kier alpha value is -1.65. The van der Waals surface area contributed by atoms with Crippen molar-refractivity contribution in [1.29, 1.82) is 0 Å². The van der Waals surface area contributed by atoms with Crippen LogP contribution in [0.5, 0.6) is 0 Å². The minimum Gasteiger partial charge on any atom is -0.324 e. The summed E-state index contributed by atoms with van der Waals surface area (Å²) in [5.74, 6) is -0.00247. The Morgan fingerprint density at radius 2 is 1.95 bits per heavy atom. The van der Waals surface area contributed by atoms with E-state index in [0.717, 1.165) is 15.7 Å². The van der Waals surface area contributed by atoms with E-state index in [0.29, 0.717) is 0 Å². The molecular formula is C17H17BrN2O. The van der Waals surface area contributed by atoms with E-state index in [1.165, 1.54) is 11.1 Å². The van der Waals surface area contributed by atoms with Crippen LogP contribution in [-0.2, 0) is 4.79 Å². The van der Waals surface area contributed by atoms with Crippen molar-refractivity contribution >= 4 is 27.5 Å². The third kappa shape index (κ3) is 2.61. The van der Waals surface area contributed by atoms with Crippen molar-refractivity contribution in [2.45, 2.75) is 25.9 Å². The van der Waals surface area contributed by atoms with Crippen molar-refractivity contribution in [1.82, 2.24) is 5.32 Å². The van der Waals surface area contributed by atoms with Gasteiger partial charge in [-0.2, -0.15) is 0 Å². The maximum atomic E-state index is 12.2. The van der Waals surface area contributed by atoms with Gasteiger partial charge < -0.3 is 5.32 Å². The molecule has 1 heterocycles. The maximum absolute atomic E-state index is 12.2. The van der Waals surface area contributed by atoms with Gasteiger partial charge in [-0.05, 0) is 37.1 Å². The van der Waals surface area contributed by atoms with Crippen molar-refractivity contribution in [3.8, 4) is 0 Å². The lowest BCUT2D eigenvalue weighted by Crippen LogP contribution is -2.30. The Labute approximate surface area is 132 Å². The number of amides is 1. The summed E-state index contributed by atoms with van der Waals surface area (Å²) >= 11 is 3.54. The van der Waals surface area contributed by atoms with Gasteiger partial charge in [0.2, 0.25) is 5.91 Å². The van der Waals surface area contributed by atoms with E-state index >= 15 is 0 Å². The quantitative estimate of drug-likeness (QED) is 0.879. The van der Waals surface area contributed by atoms with Crippen LogP contribution in [0, 0.1) is 6.92 Å². The monoisotopic (exact) mass is 344 g/mol. The van der Waals surface area contributed by atoms with E-state index in [2.05, 4.69) is 52.5 Å². The summed E-state index contributed by atoms with van der Waals surface area (Å²) in [5.41, 5.74) is 4.31. The number of fused-ring (bicyclic) bond motifs is 1. The van der Waals surface area contributed by atoms with Gasteiger partial charge in [-0.25, -0.2) is 0 Å². The van der Waals surface area contributed by atoms with Crippen LogP contribution in [0.1, 0.15) is 35.7 Å². The first-order valence-corrected chi connectivity index (χ1v) is 7.78. The Bertz CT molecular complexity index is 699. The third-order valence-corrected chi connectivity index (χ3v) is 4.62. The summed E-state index contributed by atoms with van der Waals surface area (Å²) in [4.78, 5) is 12.2. The fourth-order valence-corrected chi connectivity index (χ4v) is 3.44. The zero-order valence-electron chi connectivity index (χ0n) is 12.0. The molecule has 3 rings (SSSR count). The first-order valence-electron chi connectivity index (χ1n) is 6.99. The average Bonchev–Trinajstić information content (AvgIpc) is 2.77. The molecule has 1 amide bonds. The van der Waals surface area contributed by atoms with E-state index in [4.69, 9.17) is 0 Å². The summed E-state index contributed by atoms with van der Waals surface area (Å²) in [7, 11) is 0. The molecule has 0 aliphatic carbocycles. The lowest BCUT2D eigenvalue weighted by molar-refractivity contribution is -0.117. The van der Waals surface area contributed by atoms with E-state index < -0.39 is 0 Å². The predicted molar refractivity (Wildman–Crippen MR) is 88.2 cm³/mol. The fraction of sp³-hybridized carbons (Fsp3) is 0.235. The Morgan fingerprint density at radius 1 is 1.19 bits per heavy atom. The SMILES string of the molecule is Cc1ccccc1C(C)NC1C(=O)Nc2cccc(Br)c21. The molecule has 1 aliphatic rings. The highest BCUT2D eigenvalue weighted by atomic mass is 79.9. The molecule has 0 radical (unpaired) electrons. The topological polar surface area (TPSA) is 41.1 Å². The van der Waals surface area contributed by atoms with Gasteiger partial charge in [0.15, 0.2) is 0 Å². The van der Waals surface area contributed by atoms with Crippen molar-refractivity contribution in [3.63, 3.8) is 0 Å². The molecular weight excluding hydrogens is 328 g/mol. The van der Waals surface area contributed by atoms with Crippen LogP contribution in [-0.4, -0.2) is 5.91 Å². The molecule has 0 fully saturated rings. The van der Waals surface area contributed by atoms with Gasteiger partial charge >= 0.3 is 0 Å². The Balaban J connectivity index is 1.90. The number of aryl methyl sites for hydroxylation is 1. The zero-order valence-corrected chi connectivity index (χ0v) is 13.6. The molecule has 2 aromatic rings. The summed E-state index contributed by atoms with van der Waals surface area (Å²) in [6, 6.07) is 13.8. The number of halogens is 1. The van der Waals surface area contributed by atoms with Crippen LogP contribution >= 0.6 is 15.9 Å². The van der Waals surface area contributed by atoms with Crippen molar-refractivity contribution < 1.29 is 4.79 Å². The van der Waals surface area contributed by atoms with Gasteiger partial charge in [0.25, 0.3) is 0 Å². The van der Waals surface area contributed by atoms with E-state index in [-0.39, 0.29) is 18.0 Å². The van der Waals surface area contributed by atoms with Crippen molar-refractivity contribution in [3.05, 3.63) is 63.6 Å². The number of anilines is 1. The highest BCUT2D eigenvalue weighted by Gasteiger charge is 2.33. The molecule has 4 heteroatoms. The molecule has 0 spiro atoms. The molecule has 1 aliphatic heterocycles. The van der Waals surface area contributed by atoms with Crippen LogP contribution < -0.4 is 10.6 Å². The van der Waals surface area contributed by atoms with Gasteiger partial charge in [-0.3, -0.25) is 10.1 Å².